The minimum atomic E-state index is -0.0386. The van der Waals surface area contributed by atoms with E-state index in [2.05, 4.69) is 26.0 Å². The third-order valence-corrected chi connectivity index (χ3v) is 3.34. The summed E-state index contributed by atoms with van der Waals surface area (Å²) in [5.41, 5.74) is 9.53. The molecule has 0 radical (unpaired) electrons. The zero-order chi connectivity index (χ0) is 11.8. The molecule has 2 N–H and O–H groups in total. The summed E-state index contributed by atoms with van der Waals surface area (Å²) in [5.74, 6) is 0.936. The minimum absolute atomic E-state index is 0.0386. The molecule has 0 unspecified atom stereocenters. The Labute approximate surface area is 96.5 Å². The van der Waals surface area contributed by atoms with Crippen LogP contribution in [0, 0.1) is 13.8 Å². The van der Waals surface area contributed by atoms with E-state index in [0.29, 0.717) is 19.8 Å². The summed E-state index contributed by atoms with van der Waals surface area (Å²) in [7, 11) is 1.71. The fraction of sp³-hybridized carbons (Fsp3) is 0.538. The molecule has 0 bridgehead atoms. The van der Waals surface area contributed by atoms with Gasteiger partial charge in [0.15, 0.2) is 0 Å². The van der Waals surface area contributed by atoms with Gasteiger partial charge in [0.1, 0.15) is 5.75 Å². The first-order valence-electron chi connectivity index (χ1n) is 5.56. The van der Waals surface area contributed by atoms with Crippen molar-refractivity contribution in [2.45, 2.75) is 19.3 Å². The summed E-state index contributed by atoms with van der Waals surface area (Å²) < 4.78 is 10.8. The third-order valence-electron chi connectivity index (χ3n) is 3.34. The second-order valence-electron chi connectivity index (χ2n) is 4.64. The largest absolute Gasteiger partial charge is 0.496 e. The Kier molecular flexibility index (Phi) is 2.91. The second-order valence-corrected chi connectivity index (χ2v) is 4.64. The number of hydrogen-bond acceptors (Lipinski definition) is 3. The SMILES string of the molecule is COc1cc(C)cc(C)c1C1(CN)COC1. The highest BCUT2D eigenvalue weighted by Crippen LogP contribution is 2.39. The first kappa shape index (κ1) is 11.4. The molecule has 0 amide bonds. The topological polar surface area (TPSA) is 44.5 Å². The number of aryl methyl sites for hydroxylation is 2. The molecule has 3 nitrogen and oxygen atoms in total. The molecule has 1 aromatic rings. The van der Waals surface area contributed by atoms with Gasteiger partial charge in [-0.1, -0.05) is 6.07 Å². The number of hydrogen-bond donors (Lipinski definition) is 1. The number of nitrogens with two attached hydrogens (primary N) is 1. The Bertz CT molecular complexity index is 392. The molecular weight excluding hydrogens is 202 g/mol. The maximum absolute atomic E-state index is 5.90. The van der Waals surface area contributed by atoms with E-state index in [4.69, 9.17) is 15.2 Å². The van der Waals surface area contributed by atoms with Gasteiger partial charge in [-0.3, -0.25) is 0 Å². The van der Waals surface area contributed by atoms with Gasteiger partial charge in [0, 0.05) is 12.1 Å². The first-order valence-corrected chi connectivity index (χ1v) is 5.56. The maximum Gasteiger partial charge on any atom is 0.123 e. The molecular formula is C13H19NO2. The summed E-state index contributed by atoms with van der Waals surface area (Å²) in [6, 6.07) is 4.24. The number of benzene rings is 1. The molecule has 1 fully saturated rings. The number of ether oxygens (including phenoxy) is 2. The van der Waals surface area contributed by atoms with Crippen molar-refractivity contribution in [2.24, 2.45) is 5.73 Å². The Morgan fingerprint density at radius 1 is 1.38 bits per heavy atom. The molecule has 16 heavy (non-hydrogen) atoms. The lowest BCUT2D eigenvalue weighted by Crippen LogP contribution is -2.52. The van der Waals surface area contributed by atoms with Gasteiger partial charge in [0.05, 0.1) is 25.7 Å². The van der Waals surface area contributed by atoms with Crippen molar-refractivity contribution in [3.63, 3.8) is 0 Å². The van der Waals surface area contributed by atoms with Gasteiger partial charge < -0.3 is 15.2 Å². The van der Waals surface area contributed by atoms with Crippen molar-refractivity contribution in [2.75, 3.05) is 26.9 Å². The fourth-order valence-corrected chi connectivity index (χ4v) is 2.48. The summed E-state index contributed by atoms with van der Waals surface area (Å²) in [5, 5.41) is 0. The summed E-state index contributed by atoms with van der Waals surface area (Å²) in [4.78, 5) is 0. The molecule has 1 aromatic carbocycles. The van der Waals surface area contributed by atoms with E-state index < -0.39 is 0 Å². The molecule has 0 spiro atoms. The molecule has 88 valence electrons. The van der Waals surface area contributed by atoms with Crippen LogP contribution in [0.1, 0.15) is 16.7 Å². The van der Waals surface area contributed by atoms with Crippen molar-refractivity contribution in [1.82, 2.24) is 0 Å². The highest BCUT2D eigenvalue weighted by atomic mass is 16.5. The van der Waals surface area contributed by atoms with Crippen LogP contribution in [0.4, 0.5) is 0 Å². The third kappa shape index (κ3) is 1.60. The minimum Gasteiger partial charge on any atom is -0.496 e. The van der Waals surface area contributed by atoms with Gasteiger partial charge in [-0.25, -0.2) is 0 Å². The molecule has 1 saturated heterocycles. The standard InChI is InChI=1S/C13H19NO2/c1-9-4-10(2)12(11(5-9)15-3)13(6-14)7-16-8-13/h4-5H,6-8,14H2,1-3H3. The van der Waals surface area contributed by atoms with Crippen LogP contribution in [-0.2, 0) is 10.2 Å². The molecule has 1 aliphatic rings. The van der Waals surface area contributed by atoms with Crippen molar-refractivity contribution in [1.29, 1.82) is 0 Å². The zero-order valence-corrected chi connectivity index (χ0v) is 10.2. The van der Waals surface area contributed by atoms with Crippen LogP contribution >= 0.6 is 0 Å². The Hall–Kier alpha value is -1.06. The number of methoxy groups -OCH3 is 1. The van der Waals surface area contributed by atoms with Gasteiger partial charge in [0.2, 0.25) is 0 Å². The Balaban J connectivity index is 2.54. The second kappa shape index (κ2) is 4.07. The predicted molar refractivity (Wildman–Crippen MR) is 64.0 cm³/mol. The summed E-state index contributed by atoms with van der Waals surface area (Å²) >= 11 is 0. The molecule has 2 rings (SSSR count). The van der Waals surface area contributed by atoms with Gasteiger partial charge in [-0.15, -0.1) is 0 Å². The van der Waals surface area contributed by atoms with Gasteiger partial charge in [0.25, 0.3) is 0 Å². The van der Waals surface area contributed by atoms with Crippen LogP contribution in [0.3, 0.4) is 0 Å². The van der Waals surface area contributed by atoms with Crippen molar-refractivity contribution in [3.8, 4) is 5.75 Å². The highest BCUT2D eigenvalue weighted by molar-refractivity contribution is 5.49. The van der Waals surface area contributed by atoms with E-state index in [0.717, 1.165) is 5.75 Å². The molecule has 0 aliphatic carbocycles. The fourth-order valence-electron chi connectivity index (χ4n) is 2.48. The van der Waals surface area contributed by atoms with E-state index >= 15 is 0 Å². The van der Waals surface area contributed by atoms with E-state index in [1.807, 2.05) is 0 Å². The molecule has 3 heteroatoms. The quantitative estimate of drug-likeness (QED) is 0.842. The van der Waals surface area contributed by atoms with Crippen LogP contribution in [0.5, 0.6) is 5.75 Å². The molecule has 0 aromatic heterocycles. The molecule has 1 aliphatic heterocycles. The smallest absolute Gasteiger partial charge is 0.123 e. The monoisotopic (exact) mass is 221 g/mol. The highest BCUT2D eigenvalue weighted by Gasteiger charge is 2.42. The normalized spacial score (nSPS) is 18.0. The molecule has 0 atom stereocenters. The van der Waals surface area contributed by atoms with E-state index in [9.17, 15) is 0 Å². The Morgan fingerprint density at radius 3 is 2.50 bits per heavy atom. The van der Waals surface area contributed by atoms with E-state index in [1.165, 1.54) is 16.7 Å². The van der Waals surface area contributed by atoms with Gasteiger partial charge in [-0.05, 0) is 31.0 Å². The van der Waals surface area contributed by atoms with Crippen molar-refractivity contribution < 1.29 is 9.47 Å². The van der Waals surface area contributed by atoms with Crippen LogP contribution in [0.2, 0.25) is 0 Å². The summed E-state index contributed by atoms with van der Waals surface area (Å²) in [6.45, 7) is 6.19. The lowest BCUT2D eigenvalue weighted by molar-refractivity contribution is -0.0562. The van der Waals surface area contributed by atoms with Crippen LogP contribution in [0.15, 0.2) is 12.1 Å². The average Bonchev–Trinajstić information content (AvgIpc) is 2.19. The zero-order valence-electron chi connectivity index (χ0n) is 10.2. The molecule has 0 saturated carbocycles. The number of rotatable bonds is 3. The average molecular weight is 221 g/mol. The summed E-state index contributed by atoms with van der Waals surface area (Å²) in [6.07, 6.45) is 0. The van der Waals surface area contributed by atoms with E-state index in [-0.39, 0.29) is 5.41 Å². The molecule has 1 heterocycles. The Morgan fingerprint density at radius 2 is 2.06 bits per heavy atom. The maximum atomic E-state index is 5.90. The van der Waals surface area contributed by atoms with Gasteiger partial charge in [-0.2, -0.15) is 0 Å². The first-order chi connectivity index (χ1) is 7.63. The van der Waals surface area contributed by atoms with Crippen molar-refractivity contribution in [3.05, 3.63) is 28.8 Å². The predicted octanol–water partition coefficient (Wildman–Crippen LogP) is 1.54. The van der Waals surface area contributed by atoms with Gasteiger partial charge >= 0.3 is 0 Å². The lowest BCUT2D eigenvalue weighted by atomic mass is 9.76. The van der Waals surface area contributed by atoms with Crippen molar-refractivity contribution >= 4 is 0 Å². The van der Waals surface area contributed by atoms with Crippen LogP contribution in [0.25, 0.3) is 0 Å². The van der Waals surface area contributed by atoms with E-state index in [1.54, 1.807) is 7.11 Å². The van der Waals surface area contributed by atoms with Crippen LogP contribution < -0.4 is 10.5 Å². The lowest BCUT2D eigenvalue weighted by Gasteiger charge is -2.42. The van der Waals surface area contributed by atoms with Crippen LogP contribution in [-0.4, -0.2) is 26.9 Å².